The van der Waals surface area contributed by atoms with Crippen molar-refractivity contribution in [1.82, 2.24) is 0 Å². The molecule has 0 N–H and O–H groups in total. The summed E-state index contributed by atoms with van der Waals surface area (Å²) < 4.78 is 27.5. The number of halogens is 2. The van der Waals surface area contributed by atoms with E-state index >= 15 is 0 Å². The van der Waals surface area contributed by atoms with Crippen molar-refractivity contribution in [3.63, 3.8) is 0 Å². The Morgan fingerprint density at radius 2 is 1.23 bits per heavy atom. The quantitative estimate of drug-likeness (QED) is 0.615. The molecule has 0 saturated carbocycles. The highest BCUT2D eigenvalue weighted by molar-refractivity contribution is 7.36. The molecule has 0 heterocycles. The van der Waals surface area contributed by atoms with E-state index in [0.29, 0.717) is 5.56 Å². The van der Waals surface area contributed by atoms with Crippen LogP contribution in [0.5, 0.6) is 0 Å². The maximum absolute atomic E-state index is 14.0. The summed E-state index contributed by atoms with van der Waals surface area (Å²) in [6.07, 6.45) is 0. The summed E-state index contributed by atoms with van der Waals surface area (Å²) in [5.74, 6) is -1.65. The average molecular weight is 330 g/mol. The third-order valence-electron chi connectivity index (χ3n) is 3.61. The Hall–Kier alpha value is -1.62. The molecule has 0 spiro atoms. The Kier molecular flexibility index (Phi) is 4.34. The molecule has 3 rings (SSSR count). The van der Waals surface area contributed by atoms with E-state index in [2.05, 4.69) is 18.5 Å². The fourth-order valence-corrected chi connectivity index (χ4v) is 3.28. The molecule has 0 fully saturated rings. The Balaban J connectivity index is 2.17. The summed E-state index contributed by atoms with van der Waals surface area (Å²) >= 11 is 0. The van der Waals surface area contributed by atoms with Crippen LogP contribution in [0.2, 0.25) is 0 Å². The second-order valence-corrected chi connectivity index (χ2v) is 6.11. The first-order chi connectivity index (χ1) is 10.6. The first-order valence-corrected chi connectivity index (χ1v) is 7.93. The lowest BCUT2D eigenvalue weighted by molar-refractivity contribution is 0.511. The van der Waals surface area contributed by atoms with Gasteiger partial charge in [-0.25, -0.2) is 8.78 Å². The smallest absolute Gasteiger partial charge is 0.166 e. The maximum atomic E-state index is 14.0. The van der Waals surface area contributed by atoms with Crippen LogP contribution in [-0.4, -0.2) is 0 Å². The van der Waals surface area contributed by atoms with Gasteiger partial charge in [-0.2, -0.15) is 0 Å². The first kappa shape index (κ1) is 15.3. The lowest BCUT2D eigenvalue weighted by Gasteiger charge is -2.14. The van der Waals surface area contributed by atoms with Gasteiger partial charge < -0.3 is 0 Å². The summed E-state index contributed by atoms with van der Waals surface area (Å²) in [4.78, 5) is 0. The average Bonchev–Trinajstić information content (AvgIpc) is 2.54. The fraction of sp³-hybridized carbons (Fsp3) is 0. The van der Waals surface area contributed by atoms with Crippen LogP contribution in [0.25, 0.3) is 22.3 Å². The summed E-state index contributed by atoms with van der Waals surface area (Å²) in [6.45, 7) is 0. The molecular weight excluding hydrogens is 316 g/mol. The van der Waals surface area contributed by atoms with Crippen molar-refractivity contribution in [2.45, 2.75) is 0 Å². The van der Waals surface area contributed by atoms with Crippen LogP contribution in [0, 0.1) is 11.6 Å². The van der Waals surface area contributed by atoms with Gasteiger partial charge in [0.15, 0.2) is 11.6 Å². The lowest BCUT2D eigenvalue weighted by atomic mass is 9.99. The Bertz CT molecular complexity index is 830. The normalized spacial score (nSPS) is 10.7. The van der Waals surface area contributed by atoms with Crippen LogP contribution < -0.4 is 10.6 Å². The molecule has 4 heteroatoms. The predicted octanol–water partition coefficient (Wildman–Crippen LogP) is 4.30. The van der Waals surface area contributed by atoms with Gasteiger partial charge in [-0.3, -0.25) is 0 Å². The molecule has 0 aromatic heterocycles. The third kappa shape index (κ3) is 2.70. The molecule has 2 atom stereocenters. The summed E-state index contributed by atoms with van der Waals surface area (Å²) in [7, 11) is 5.32. The summed E-state index contributed by atoms with van der Waals surface area (Å²) in [6, 6.07) is 18.0. The van der Waals surface area contributed by atoms with E-state index in [-0.39, 0.29) is 5.56 Å². The van der Waals surface area contributed by atoms with E-state index < -0.39 is 11.6 Å². The van der Waals surface area contributed by atoms with E-state index in [1.54, 1.807) is 6.07 Å². The largest absolute Gasteiger partial charge is 0.204 e. The van der Waals surface area contributed by atoms with Gasteiger partial charge in [-0.1, -0.05) is 54.6 Å². The number of hydrogen-bond donors (Lipinski definition) is 0. The number of rotatable bonds is 2. The van der Waals surface area contributed by atoms with Crippen LogP contribution in [0.15, 0.2) is 60.7 Å². The third-order valence-corrected chi connectivity index (χ3v) is 5.19. The van der Waals surface area contributed by atoms with Crippen LogP contribution in [-0.2, 0) is 0 Å². The van der Waals surface area contributed by atoms with Crippen molar-refractivity contribution in [3.8, 4) is 22.3 Å². The Morgan fingerprint density at radius 3 is 1.95 bits per heavy atom. The van der Waals surface area contributed by atoms with Gasteiger partial charge in [-0.05, 0) is 33.4 Å². The van der Waals surface area contributed by atoms with Crippen molar-refractivity contribution in [2.24, 2.45) is 0 Å². The minimum Gasteiger partial charge on any atom is -0.204 e. The van der Waals surface area contributed by atoms with Crippen molar-refractivity contribution >= 4 is 29.1 Å². The van der Waals surface area contributed by atoms with Crippen LogP contribution in [0.4, 0.5) is 8.78 Å². The SMILES string of the molecule is Fc1cccc(-c2ccc(-c3ccccc3)c(P)c2P)c1F. The van der Waals surface area contributed by atoms with E-state index in [1.165, 1.54) is 6.07 Å². The van der Waals surface area contributed by atoms with Crippen molar-refractivity contribution in [1.29, 1.82) is 0 Å². The zero-order valence-corrected chi connectivity index (χ0v) is 14.0. The predicted molar refractivity (Wildman–Crippen MR) is 95.9 cm³/mol. The van der Waals surface area contributed by atoms with Gasteiger partial charge in [0.25, 0.3) is 0 Å². The highest BCUT2D eigenvalue weighted by Gasteiger charge is 2.14. The van der Waals surface area contributed by atoms with E-state index in [4.69, 9.17) is 0 Å². The van der Waals surface area contributed by atoms with Gasteiger partial charge in [0.2, 0.25) is 0 Å². The highest BCUT2D eigenvalue weighted by atomic mass is 31.0. The molecule has 0 amide bonds. The minimum atomic E-state index is -0.834. The highest BCUT2D eigenvalue weighted by Crippen LogP contribution is 2.27. The molecule has 0 saturated heterocycles. The molecule has 0 radical (unpaired) electrons. The van der Waals surface area contributed by atoms with Gasteiger partial charge >= 0.3 is 0 Å². The van der Waals surface area contributed by atoms with E-state index in [9.17, 15) is 8.78 Å². The molecule has 3 aromatic rings. The molecule has 22 heavy (non-hydrogen) atoms. The monoisotopic (exact) mass is 330 g/mol. The van der Waals surface area contributed by atoms with Crippen LogP contribution in [0.3, 0.4) is 0 Å². The molecule has 0 aliphatic heterocycles. The molecule has 0 bridgehead atoms. The molecule has 110 valence electrons. The fourth-order valence-electron chi connectivity index (χ4n) is 2.45. The molecule has 0 nitrogen and oxygen atoms in total. The number of benzene rings is 3. The zero-order chi connectivity index (χ0) is 15.7. The van der Waals surface area contributed by atoms with Gasteiger partial charge in [0, 0.05) is 5.56 Å². The number of hydrogen-bond acceptors (Lipinski definition) is 0. The lowest BCUT2D eigenvalue weighted by Crippen LogP contribution is -2.17. The van der Waals surface area contributed by atoms with Crippen molar-refractivity contribution in [2.75, 3.05) is 0 Å². The topological polar surface area (TPSA) is 0 Å². The first-order valence-electron chi connectivity index (χ1n) is 6.77. The zero-order valence-electron chi connectivity index (χ0n) is 11.7. The summed E-state index contributed by atoms with van der Waals surface area (Å²) in [5.41, 5.74) is 3.08. The second-order valence-electron chi connectivity index (χ2n) is 4.96. The maximum Gasteiger partial charge on any atom is 0.166 e. The molecule has 2 unspecified atom stereocenters. The van der Waals surface area contributed by atoms with Crippen molar-refractivity contribution in [3.05, 3.63) is 72.3 Å². The van der Waals surface area contributed by atoms with Gasteiger partial charge in [0.1, 0.15) is 0 Å². The van der Waals surface area contributed by atoms with E-state index in [1.807, 2.05) is 42.5 Å². The Labute approximate surface area is 133 Å². The second kappa shape index (κ2) is 6.24. The molecule has 0 aliphatic carbocycles. The Morgan fingerprint density at radius 1 is 0.591 bits per heavy atom. The van der Waals surface area contributed by atoms with Crippen molar-refractivity contribution < 1.29 is 8.78 Å². The van der Waals surface area contributed by atoms with E-state index in [0.717, 1.165) is 27.8 Å². The minimum absolute atomic E-state index is 0.272. The van der Waals surface area contributed by atoms with Crippen LogP contribution in [0.1, 0.15) is 0 Å². The summed E-state index contributed by atoms with van der Waals surface area (Å²) in [5, 5.41) is 1.80. The van der Waals surface area contributed by atoms with Gasteiger partial charge in [-0.15, -0.1) is 18.5 Å². The molecule has 3 aromatic carbocycles. The molecule has 0 aliphatic rings. The standard InChI is InChI=1S/C18H14F2P2/c19-15-8-4-7-13(16(15)20)14-10-9-12(17(21)18(14)22)11-5-2-1-3-6-11/h1-10H,21-22H2. The van der Waals surface area contributed by atoms with Gasteiger partial charge in [0.05, 0.1) is 0 Å². The molecular formula is C18H14F2P2. The van der Waals surface area contributed by atoms with Crippen LogP contribution >= 0.6 is 18.5 Å².